The Morgan fingerprint density at radius 1 is 1.09 bits per heavy atom. The van der Waals surface area contributed by atoms with E-state index in [9.17, 15) is 13.0 Å². The van der Waals surface area contributed by atoms with Gasteiger partial charge in [-0.1, -0.05) is 0 Å². The molecule has 0 atom stereocenters. The molecule has 170 valence electrons. The van der Waals surface area contributed by atoms with Crippen molar-refractivity contribution in [2.45, 2.75) is 37.8 Å². The van der Waals surface area contributed by atoms with Gasteiger partial charge in [0, 0.05) is 53.7 Å². The van der Waals surface area contributed by atoms with Crippen LogP contribution in [0.5, 0.6) is 0 Å². The SMILES string of the molecule is O=S1CCC(Nc2ncc3nc(Nc4ccc(F)cc4F)n(C4CCOCC4)c3n2)CC1. The lowest BCUT2D eigenvalue weighted by Crippen LogP contribution is -2.30. The molecule has 2 aliphatic heterocycles. The van der Waals surface area contributed by atoms with E-state index < -0.39 is 22.4 Å². The van der Waals surface area contributed by atoms with Crippen LogP contribution in [-0.2, 0) is 15.5 Å². The molecule has 0 aliphatic carbocycles. The van der Waals surface area contributed by atoms with Gasteiger partial charge in [0.15, 0.2) is 5.65 Å². The van der Waals surface area contributed by atoms with Crippen LogP contribution in [0.3, 0.4) is 0 Å². The third-order valence-electron chi connectivity index (χ3n) is 5.89. The summed E-state index contributed by atoms with van der Waals surface area (Å²) < 4.78 is 46.7. The first-order valence-electron chi connectivity index (χ1n) is 10.7. The summed E-state index contributed by atoms with van der Waals surface area (Å²) in [4.78, 5) is 13.7. The zero-order valence-corrected chi connectivity index (χ0v) is 18.2. The van der Waals surface area contributed by atoms with Crippen molar-refractivity contribution in [3.05, 3.63) is 36.0 Å². The van der Waals surface area contributed by atoms with Crippen LogP contribution in [0.15, 0.2) is 24.4 Å². The van der Waals surface area contributed by atoms with E-state index in [4.69, 9.17) is 9.72 Å². The van der Waals surface area contributed by atoms with E-state index in [0.717, 1.165) is 31.7 Å². The molecular weight excluding hydrogens is 438 g/mol. The molecule has 2 aromatic heterocycles. The van der Waals surface area contributed by atoms with E-state index in [1.807, 2.05) is 4.57 Å². The van der Waals surface area contributed by atoms with Gasteiger partial charge >= 0.3 is 0 Å². The molecule has 11 heteroatoms. The van der Waals surface area contributed by atoms with Gasteiger partial charge < -0.3 is 15.4 Å². The van der Waals surface area contributed by atoms with Gasteiger partial charge in [0.1, 0.15) is 17.2 Å². The number of halogens is 2. The van der Waals surface area contributed by atoms with Crippen molar-refractivity contribution in [2.24, 2.45) is 0 Å². The van der Waals surface area contributed by atoms with Gasteiger partial charge in [-0.15, -0.1) is 0 Å². The Morgan fingerprint density at radius 2 is 1.88 bits per heavy atom. The van der Waals surface area contributed by atoms with Crippen LogP contribution in [0.25, 0.3) is 11.2 Å². The van der Waals surface area contributed by atoms with Gasteiger partial charge in [-0.05, 0) is 37.8 Å². The molecule has 0 bridgehead atoms. The highest BCUT2D eigenvalue weighted by molar-refractivity contribution is 7.85. The highest BCUT2D eigenvalue weighted by Crippen LogP contribution is 2.32. The Morgan fingerprint density at radius 3 is 2.62 bits per heavy atom. The van der Waals surface area contributed by atoms with E-state index in [1.165, 1.54) is 12.1 Å². The van der Waals surface area contributed by atoms with Gasteiger partial charge in [-0.3, -0.25) is 8.78 Å². The molecule has 2 N–H and O–H groups in total. The summed E-state index contributed by atoms with van der Waals surface area (Å²) in [5.41, 5.74) is 1.35. The fourth-order valence-electron chi connectivity index (χ4n) is 4.17. The average molecular weight is 463 g/mol. The Hall–Kier alpha value is -2.66. The Bertz CT molecular complexity index is 1140. The Kier molecular flexibility index (Phi) is 6.01. The fourth-order valence-corrected chi connectivity index (χ4v) is 5.47. The number of aromatic nitrogens is 4. The van der Waals surface area contributed by atoms with Crippen molar-refractivity contribution in [1.82, 2.24) is 19.5 Å². The van der Waals surface area contributed by atoms with Gasteiger partial charge in [-0.2, -0.15) is 4.98 Å². The van der Waals surface area contributed by atoms with E-state index in [0.29, 0.717) is 47.8 Å². The van der Waals surface area contributed by atoms with Crippen molar-refractivity contribution in [3.8, 4) is 0 Å². The number of imidazole rings is 1. The molecule has 2 saturated heterocycles. The lowest BCUT2D eigenvalue weighted by molar-refractivity contribution is 0.0710. The lowest BCUT2D eigenvalue weighted by Gasteiger charge is -2.26. The number of nitrogens with one attached hydrogen (secondary N) is 2. The number of hydrogen-bond acceptors (Lipinski definition) is 7. The number of nitrogens with zero attached hydrogens (tertiary/aromatic N) is 4. The number of benzene rings is 1. The summed E-state index contributed by atoms with van der Waals surface area (Å²) in [7, 11) is -0.737. The summed E-state index contributed by atoms with van der Waals surface area (Å²) in [6.07, 6.45) is 4.81. The van der Waals surface area contributed by atoms with Crippen molar-refractivity contribution in [3.63, 3.8) is 0 Å². The molecular formula is C21H24F2N6O2S. The maximum absolute atomic E-state index is 14.3. The molecule has 4 heterocycles. The third kappa shape index (κ3) is 4.44. The van der Waals surface area contributed by atoms with Crippen molar-refractivity contribution < 1.29 is 17.7 Å². The molecule has 2 aliphatic rings. The van der Waals surface area contributed by atoms with Gasteiger partial charge in [0.25, 0.3) is 0 Å². The summed E-state index contributed by atoms with van der Waals surface area (Å²) >= 11 is 0. The Balaban J connectivity index is 1.50. The normalized spacial score (nSPS) is 22.2. The highest BCUT2D eigenvalue weighted by atomic mass is 32.2. The monoisotopic (exact) mass is 462 g/mol. The van der Waals surface area contributed by atoms with Gasteiger partial charge in [-0.25, -0.2) is 18.7 Å². The Labute approximate surface area is 186 Å². The number of rotatable bonds is 5. The van der Waals surface area contributed by atoms with E-state index in [-0.39, 0.29) is 17.8 Å². The predicted molar refractivity (Wildman–Crippen MR) is 119 cm³/mol. The maximum Gasteiger partial charge on any atom is 0.224 e. The molecule has 0 amide bonds. The molecule has 5 rings (SSSR count). The van der Waals surface area contributed by atoms with Crippen LogP contribution >= 0.6 is 0 Å². The zero-order valence-electron chi connectivity index (χ0n) is 17.4. The molecule has 0 unspecified atom stereocenters. The van der Waals surface area contributed by atoms with Crippen LogP contribution in [0.1, 0.15) is 31.7 Å². The largest absolute Gasteiger partial charge is 0.381 e. The maximum atomic E-state index is 14.3. The standard InChI is InChI=1S/C21H24F2N6O2S/c22-13-1-2-17(16(23)11-13)26-21-27-18-12-24-20(25-14-5-9-32(30)10-6-14)28-19(18)29(21)15-3-7-31-8-4-15/h1-2,11-12,14-15H,3-10H2,(H,26,27)(H,24,25,28). The first kappa shape index (κ1) is 21.2. The molecule has 0 radical (unpaired) electrons. The smallest absolute Gasteiger partial charge is 0.224 e. The minimum absolute atomic E-state index is 0.0691. The quantitative estimate of drug-likeness (QED) is 0.599. The van der Waals surface area contributed by atoms with Crippen LogP contribution in [0.2, 0.25) is 0 Å². The van der Waals surface area contributed by atoms with Crippen molar-refractivity contribution in [2.75, 3.05) is 35.4 Å². The fraction of sp³-hybridized carbons (Fsp3) is 0.476. The second-order valence-electron chi connectivity index (χ2n) is 8.07. The minimum atomic E-state index is -0.737. The molecule has 1 aromatic carbocycles. The minimum Gasteiger partial charge on any atom is -0.381 e. The topological polar surface area (TPSA) is 94.0 Å². The molecule has 8 nitrogen and oxygen atoms in total. The van der Waals surface area contributed by atoms with Crippen LogP contribution < -0.4 is 10.6 Å². The summed E-state index contributed by atoms with van der Waals surface area (Å²) in [5.74, 6) is 0.937. The number of hydrogen-bond donors (Lipinski definition) is 2. The van der Waals surface area contributed by atoms with Crippen molar-refractivity contribution in [1.29, 1.82) is 0 Å². The molecule has 2 fully saturated rings. The second-order valence-corrected chi connectivity index (χ2v) is 9.76. The second kappa shape index (κ2) is 9.07. The summed E-state index contributed by atoms with van der Waals surface area (Å²) in [6, 6.07) is 3.63. The third-order valence-corrected chi connectivity index (χ3v) is 7.27. The average Bonchev–Trinajstić information content (AvgIpc) is 3.15. The first-order chi connectivity index (χ1) is 15.6. The number of ether oxygens (including phenoxy) is 1. The van der Waals surface area contributed by atoms with Gasteiger partial charge in [0.05, 0.1) is 11.9 Å². The van der Waals surface area contributed by atoms with E-state index in [2.05, 4.69) is 20.6 Å². The first-order valence-corrected chi connectivity index (χ1v) is 12.2. The summed E-state index contributed by atoms with van der Waals surface area (Å²) in [6.45, 7) is 1.23. The number of anilines is 3. The number of fused-ring (bicyclic) bond motifs is 1. The zero-order chi connectivity index (χ0) is 22.1. The van der Waals surface area contributed by atoms with Crippen LogP contribution in [-0.4, -0.2) is 54.5 Å². The summed E-state index contributed by atoms with van der Waals surface area (Å²) in [5, 5.41) is 6.36. The highest BCUT2D eigenvalue weighted by Gasteiger charge is 2.25. The van der Waals surface area contributed by atoms with Crippen LogP contribution in [0, 0.1) is 11.6 Å². The van der Waals surface area contributed by atoms with E-state index >= 15 is 0 Å². The van der Waals surface area contributed by atoms with Crippen LogP contribution in [0.4, 0.5) is 26.4 Å². The predicted octanol–water partition coefficient (Wildman–Crippen LogP) is 3.52. The lowest BCUT2D eigenvalue weighted by atomic mass is 10.1. The molecule has 0 saturated carbocycles. The molecule has 32 heavy (non-hydrogen) atoms. The van der Waals surface area contributed by atoms with Crippen molar-refractivity contribution >= 4 is 39.5 Å². The molecule has 3 aromatic rings. The van der Waals surface area contributed by atoms with E-state index in [1.54, 1.807) is 6.20 Å². The van der Waals surface area contributed by atoms with Gasteiger partial charge in [0.2, 0.25) is 11.9 Å². The molecule has 0 spiro atoms.